The summed E-state index contributed by atoms with van der Waals surface area (Å²) in [7, 11) is 1.63. The van der Waals surface area contributed by atoms with Crippen LogP contribution in [0.15, 0.2) is 18.2 Å². The molecule has 1 aromatic rings. The molecule has 14 heavy (non-hydrogen) atoms. The van der Waals surface area contributed by atoms with Crippen molar-refractivity contribution in [3.63, 3.8) is 0 Å². The van der Waals surface area contributed by atoms with Crippen molar-refractivity contribution >= 4 is 0 Å². The lowest BCUT2D eigenvalue weighted by atomic mass is 9.88. The summed E-state index contributed by atoms with van der Waals surface area (Å²) in [6.45, 7) is 2.70. The van der Waals surface area contributed by atoms with Crippen LogP contribution in [0, 0.1) is 6.92 Å². The molecule has 3 nitrogen and oxygen atoms in total. The number of methoxy groups -OCH3 is 1. The lowest BCUT2D eigenvalue weighted by Crippen LogP contribution is -2.47. The van der Waals surface area contributed by atoms with Crippen LogP contribution in [0.5, 0.6) is 5.75 Å². The predicted molar refractivity (Wildman–Crippen MR) is 52.4 cm³/mol. The van der Waals surface area contributed by atoms with Gasteiger partial charge in [0, 0.05) is 0 Å². The van der Waals surface area contributed by atoms with Crippen molar-refractivity contribution in [2.24, 2.45) is 0 Å². The summed E-state index contributed by atoms with van der Waals surface area (Å²) < 4.78 is 10.2. The van der Waals surface area contributed by atoms with Crippen LogP contribution in [0.4, 0.5) is 0 Å². The second kappa shape index (κ2) is 3.26. The van der Waals surface area contributed by atoms with Crippen LogP contribution in [0.2, 0.25) is 0 Å². The van der Waals surface area contributed by atoms with E-state index in [1.807, 2.05) is 25.1 Å². The van der Waals surface area contributed by atoms with Crippen molar-refractivity contribution in [2.45, 2.75) is 12.5 Å². The maximum Gasteiger partial charge on any atom is 0.136 e. The largest absolute Gasteiger partial charge is 0.496 e. The maximum absolute atomic E-state index is 10.1. The SMILES string of the molecule is COc1cccc(C2(O)COC2)c1C. The van der Waals surface area contributed by atoms with Crippen molar-refractivity contribution in [1.29, 1.82) is 0 Å². The van der Waals surface area contributed by atoms with E-state index in [1.54, 1.807) is 7.11 Å². The first-order valence-electron chi connectivity index (χ1n) is 4.61. The van der Waals surface area contributed by atoms with Crippen LogP contribution >= 0.6 is 0 Å². The van der Waals surface area contributed by atoms with E-state index in [2.05, 4.69) is 0 Å². The van der Waals surface area contributed by atoms with Crippen molar-refractivity contribution in [3.05, 3.63) is 29.3 Å². The van der Waals surface area contributed by atoms with Crippen LogP contribution in [-0.2, 0) is 10.3 Å². The number of rotatable bonds is 2. The van der Waals surface area contributed by atoms with Gasteiger partial charge >= 0.3 is 0 Å². The molecule has 0 amide bonds. The van der Waals surface area contributed by atoms with Crippen LogP contribution < -0.4 is 4.74 Å². The van der Waals surface area contributed by atoms with E-state index >= 15 is 0 Å². The summed E-state index contributed by atoms with van der Waals surface area (Å²) >= 11 is 0. The third-order valence-corrected chi connectivity index (χ3v) is 2.69. The quantitative estimate of drug-likeness (QED) is 0.769. The molecule has 1 fully saturated rings. The Hall–Kier alpha value is -1.06. The summed E-state index contributed by atoms with van der Waals surface area (Å²) in [5.74, 6) is 0.808. The Kier molecular flexibility index (Phi) is 2.21. The van der Waals surface area contributed by atoms with Crippen LogP contribution in [0.25, 0.3) is 0 Å². The van der Waals surface area contributed by atoms with Gasteiger partial charge in [-0.15, -0.1) is 0 Å². The summed E-state index contributed by atoms with van der Waals surface area (Å²) in [5.41, 5.74) is 1.09. The minimum atomic E-state index is -0.807. The highest BCUT2D eigenvalue weighted by Gasteiger charge is 2.39. The minimum Gasteiger partial charge on any atom is -0.496 e. The normalized spacial score (nSPS) is 18.8. The Bertz CT molecular complexity index is 342. The third-order valence-electron chi connectivity index (χ3n) is 2.69. The van der Waals surface area contributed by atoms with Crippen molar-refractivity contribution < 1.29 is 14.6 Å². The fraction of sp³-hybridized carbons (Fsp3) is 0.455. The molecule has 1 N–H and O–H groups in total. The molecule has 1 aromatic carbocycles. The molecule has 0 bridgehead atoms. The van der Waals surface area contributed by atoms with E-state index in [-0.39, 0.29) is 0 Å². The monoisotopic (exact) mass is 194 g/mol. The van der Waals surface area contributed by atoms with E-state index in [1.165, 1.54) is 0 Å². The van der Waals surface area contributed by atoms with Gasteiger partial charge in [0.25, 0.3) is 0 Å². The van der Waals surface area contributed by atoms with Crippen LogP contribution in [-0.4, -0.2) is 25.4 Å². The molecular formula is C11H14O3. The highest BCUT2D eigenvalue weighted by atomic mass is 16.5. The van der Waals surface area contributed by atoms with Gasteiger partial charge in [-0.25, -0.2) is 0 Å². The molecule has 0 spiro atoms. The molecule has 1 heterocycles. The van der Waals surface area contributed by atoms with Crippen LogP contribution in [0.3, 0.4) is 0 Å². The zero-order chi connectivity index (χ0) is 10.2. The molecule has 0 unspecified atom stereocenters. The van der Waals surface area contributed by atoms with E-state index < -0.39 is 5.60 Å². The minimum absolute atomic E-state index is 0.376. The summed E-state index contributed by atoms with van der Waals surface area (Å²) in [4.78, 5) is 0. The molecule has 0 aromatic heterocycles. The maximum atomic E-state index is 10.1. The molecule has 0 radical (unpaired) electrons. The average molecular weight is 194 g/mol. The molecule has 2 rings (SSSR count). The molecular weight excluding hydrogens is 180 g/mol. The van der Waals surface area contributed by atoms with Crippen LogP contribution in [0.1, 0.15) is 11.1 Å². The first-order chi connectivity index (χ1) is 6.67. The van der Waals surface area contributed by atoms with Gasteiger partial charge in [-0.2, -0.15) is 0 Å². The predicted octanol–water partition coefficient (Wildman–Crippen LogP) is 1.22. The second-order valence-corrected chi connectivity index (χ2v) is 3.66. The smallest absolute Gasteiger partial charge is 0.136 e. The van der Waals surface area contributed by atoms with Gasteiger partial charge in [0.1, 0.15) is 11.4 Å². The molecule has 3 heteroatoms. The lowest BCUT2D eigenvalue weighted by Gasteiger charge is -2.37. The third kappa shape index (κ3) is 1.29. The topological polar surface area (TPSA) is 38.7 Å². The van der Waals surface area contributed by atoms with Crippen molar-refractivity contribution in [1.82, 2.24) is 0 Å². The first-order valence-corrected chi connectivity index (χ1v) is 4.61. The first kappa shape index (κ1) is 9.49. The van der Waals surface area contributed by atoms with Gasteiger partial charge in [0.2, 0.25) is 0 Å². The Labute approximate surface area is 83.3 Å². The zero-order valence-electron chi connectivity index (χ0n) is 8.41. The Morgan fingerprint density at radius 3 is 2.64 bits per heavy atom. The van der Waals surface area contributed by atoms with Gasteiger partial charge in [-0.3, -0.25) is 0 Å². The number of hydrogen-bond donors (Lipinski definition) is 1. The highest BCUT2D eigenvalue weighted by molar-refractivity contribution is 5.42. The molecule has 0 atom stereocenters. The molecule has 1 saturated heterocycles. The molecule has 0 aliphatic carbocycles. The second-order valence-electron chi connectivity index (χ2n) is 3.66. The summed E-state index contributed by atoms with van der Waals surface area (Å²) in [5, 5.41) is 10.1. The van der Waals surface area contributed by atoms with E-state index in [0.29, 0.717) is 13.2 Å². The van der Waals surface area contributed by atoms with Crippen molar-refractivity contribution in [2.75, 3.05) is 20.3 Å². The van der Waals surface area contributed by atoms with Gasteiger partial charge in [0.15, 0.2) is 0 Å². The molecule has 1 aliphatic rings. The van der Waals surface area contributed by atoms with Crippen molar-refractivity contribution in [3.8, 4) is 5.75 Å². The van der Waals surface area contributed by atoms with Gasteiger partial charge in [-0.1, -0.05) is 12.1 Å². The Morgan fingerprint density at radius 2 is 2.14 bits per heavy atom. The van der Waals surface area contributed by atoms with Gasteiger partial charge < -0.3 is 14.6 Å². The summed E-state index contributed by atoms with van der Waals surface area (Å²) in [6, 6.07) is 5.69. The van der Waals surface area contributed by atoms with E-state index in [9.17, 15) is 5.11 Å². The Morgan fingerprint density at radius 1 is 1.43 bits per heavy atom. The van der Waals surface area contributed by atoms with E-state index in [4.69, 9.17) is 9.47 Å². The highest BCUT2D eigenvalue weighted by Crippen LogP contribution is 2.34. The fourth-order valence-corrected chi connectivity index (χ4v) is 1.79. The fourth-order valence-electron chi connectivity index (χ4n) is 1.79. The Balaban J connectivity index is 2.43. The molecule has 1 aliphatic heterocycles. The van der Waals surface area contributed by atoms with E-state index in [0.717, 1.165) is 16.9 Å². The zero-order valence-corrected chi connectivity index (χ0v) is 8.41. The number of hydrogen-bond acceptors (Lipinski definition) is 3. The lowest BCUT2D eigenvalue weighted by molar-refractivity contribution is -0.185. The number of aliphatic hydroxyl groups is 1. The average Bonchev–Trinajstić information content (AvgIpc) is 2.15. The number of benzene rings is 1. The van der Waals surface area contributed by atoms with Gasteiger partial charge in [0.05, 0.1) is 20.3 Å². The molecule has 0 saturated carbocycles. The number of ether oxygens (including phenoxy) is 2. The summed E-state index contributed by atoms with van der Waals surface area (Å²) in [6.07, 6.45) is 0. The molecule has 76 valence electrons. The standard InChI is InChI=1S/C11H14O3/c1-8-9(11(12)6-14-7-11)4-3-5-10(8)13-2/h3-5,12H,6-7H2,1-2H3. The van der Waals surface area contributed by atoms with Gasteiger partial charge in [-0.05, 0) is 24.1 Å².